The molecule has 2 aliphatic rings. The summed E-state index contributed by atoms with van der Waals surface area (Å²) in [6.45, 7) is 5.04. The molecule has 0 bridgehead atoms. The molecule has 1 fully saturated rings. The number of hydrogen-bond donors (Lipinski definition) is 1. The molecule has 20 heavy (non-hydrogen) atoms. The summed E-state index contributed by atoms with van der Waals surface area (Å²) < 4.78 is 5.59. The number of ether oxygens (including phenoxy) is 1. The summed E-state index contributed by atoms with van der Waals surface area (Å²) in [7, 11) is 0. The fourth-order valence-electron chi connectivity index (χ4n) is 2.90. The lowest BCUT2D eigenvalue weighted by atomic mass is 9.93. The zero-order valence-electron chi connectivity index (χ0n) is 11.7. The summed E-state index contributed by atoms with van der Waals surface area (Å²) in [5.74, 6) is 0.585. The molecule has 1 saturated heterocycles. The Labute approximate surface area is 125 Å². The highest BCUT2D eigenvalue weighted by Gasteiger charge is 2.32. The van der Waals surface area contributed by atoms with Crippen LogP contribution in [0.3, 0.4) is 0 Å². The first-order valence-corrected chi connectivity index (χ1v) is 6.97. The number of rotatable bonds is 1. The van der Waals surface area contributed by atoms with E-state index in [-0.39, 0.29) is 24.4 Å². The topological polar surface area (TPSA) is 41.6 Å². The summed E-state index contributed by atoms with van der Waals surface area (Å²) >= 11 is 0. The van der Waals surface area contributed by atoms with E-state index < -0.39 is 0 Å². The molecular formula is C15H21ClN2O2. The van der Waals surface area contributed by atoms with Crippen molar-refractivity contribution in [2.24, 2.45) is 5.92 Å². The van der Waals surface area contributed by atoms with E-state index in [9.17, 15) is 4.79 Å². The zero-order chi connectivity index (χ0) is 13.2. The molecule has 4 nitrogen and oxygen atoms in total. The maximum absolute atomic E-state index is 12.6. The van der Waals surface area contributed by atoms with Crippen molar-refractivity contribution in [3.63, 3.8) is 0 Å². The van der Waals surface area contributed by atoms with Crippen molar-refractivity contribution in [3.05, 3.63) is 29.8 Å². The van der Waals surface area contributed by atoms with Crippen molar-refractivity contribution in [3.8, 4) is 0 Å². The van der Waals surface area contributed by atoms with E-state index in [2.05, 4.69) is 18.3 Å². The fourth-order valence-corrected chi connectivity index (χ4v) is 2.90. The summed E-state index contributed by atoms with van der Waals surface area (Å²) in [4.78, 5) is 14.5. The predicted molar refractivity (Wildman–Crippen MR) is 81.5 cm³/mol. The predicted octanol–water partition coefficient (Wildman–Crippen LogP) is 1.62. The van der Waals surface area contributed by atoms with Gasteiger partial charge in [-0.05, 0) is 24.0 Å². The van der Waals surface area contributed by atoms with E-state index in [1.54, 1.807) is 0 Å². The van der Waals surface area contributed by atoms with Crippen LogP contribution in [0.4, 0.5) is 5.69 Å². The van der Waals surface area contributed by atoms with Crippen molar-refractivity contribution in [2.75, 3.05) is 31.1 Å². The summed E-state index contributed by atoms with van der Waals surface area (Å²) in [6, 6.07) is 8.19. The molecule has 0 saturated carbocycles. The number of carbonyl (C=O) groups excluding carboxylic acids is 1. The molecule has 0 radical (unpaired) electrons. The molecule has 1 amide bonds. The lowest BCUT2D eigenvalue weighted by molar-refractivity contribution is -0.131. The number of fused-ring (bicyclic) bond motifs is 1. The molecule has 2 heterocycles. The lowest BCUT2D eigenvalue weighted by Gasteiger charge is -2.36. The Bertz CT molecular complexity index is 475. The van der Waals surface area contributed by atoms with Gasteiger partial charge >= 0.3 is 0 Å². The number of para-hydroxylation sites is 1. The molecule has 5 heteroatoms. The van der Waals surface area contributed by atoms with Crippen molar-refractivity contribution >= 4 is 24.0 Å². The molecule has 0 aromatic heterocycles. The monoisotopic (exact) mass is 296 g/mol. The van der Waals surface area contributed by atoms with Crippen LogP contribution in [-0.4, -0.2) is 38.3 Å². The van der Waals surface area contributed by atoms with Crippen molar-refractivity contribution in [2.45, 2.75) is 19.4 Å². The van der Waals surface area contributed by atoms with Crippen LogP contribution in [0.15, 0.2) is 24.3 Å². The Morgan fingerprint density at radius 3 is 2.95 bits per heavy atom. The first kappa shape index (κ1) is 15.3. The van der Waals surface area contributed by atoms with Crippen LogP contribution in [0.5, 0.6) is 0 Å². The standard InChI is InChI=1S/C15H20N2O2.ClH/c1-11-8-12-4-2-3-5-13(12)17(10-11)15(18)14-9-16-6-7-19-14;/h2-5,11,14,16H,6-10H2,1H3;1H. The molecule has 2 aliphatic heterocycles. The average molecular weight is 297 g/mol. The molecule has 2 unspecified atom stereocenters. The number of benzene rings is 1. The quantitative estimate of drug-likeness (QED) is 0.856. The number of halogens is 1. The van der Waals surface area contributed by atoms with Crippen LogP contribution in [0.25, 0.3) is 0 Å². The maximum atomic E-state index is 12.6. The number of nitrogens with one attached hydrogen (secondary N) is 1. The van der Waals surface area contributed by atoms with Gasteiger partial charge in [0.2, 0.25) is 0 Å². The summed E-state index contributed by atoms with van der Waals surface area (Å²) in [5, 5.41) is 3.22. The van der Waals surface area contributed by atoms with E-state index in [1.165, 1.54) is 5.56 Å². The van der Waals surface area contributed by atoms with Gasteiger partial charge in [0.15, 0.2) is 0 Å². The van der Waals surface area contributed by atoms with Gasteiger partial charge in [0.1, 0.15) is 6.10 Å². The lowest BCUT2D eigenvalue weighted by Crippen LogP contribution is -2.51. The van der Waals surface area contributed by atoms with Gasteiger partial charge < -0.3 is 15.0 Å². The second-order valence-electron chi connectivity index (χ2n) is 5.45. The van der Waals surface area contributed by atoms with Crippen LogP contribution in [0.1, 0.15) is 12.5 Å². The summed E-state index contributed by atoms with van der Waals surface area (Å²) in [6.07, 6.45) is 0.705. The van der Waals surface area contributed by atoms with E-state index in [0.29, 0.717) is 19.1 Å². The third-order valence-corrected chi connectivity index (χ3v) is 3.81. The van der Waals surface area contributed by atoms with E-state index in [1.807, 2.05) is 23.1 Å². The highest BCUT2D eigenvalue weighted by atomic mass is 35.5. The molecule has 1 aromatic rings. The van der Waals surface area contributed by atoms with Gasteiger partial charge in [-0.2, -0.15) is 0 Å². The Morgan fingerprint density at radius 2 is 2.20 bits per heavy atom. The molecule has 2 atom stereocenters. The van der Waals surface area contributed by atoms with Gasteiger partial charge in [-0.15, -0.1) is 12.4 Å². The highest BCUT2D eigenvalue weighted by molar-refractivity contribution is 5.98. The molecule has 3 rings (SSSR count). The highest BCUT2D eigenvalue weighted by Crippen LogP contribution is 2.30. The zero-order valence-corrected chi connectivity index (χ0v) is 12.5. The minimum Gasteiger partial charge on any atom is -0.366 e. The van der Waals surface area contributed by atoms with Crippen molar-refractivity contribution in [1.82, 2.24) is 5.32 Å². The second kappa shape index (κ2) is 6.57. The number of hydrogen-bond acceptors (Lipinski definition) is 3. The largest absolute Gasteiger partial charge is 0.366 e. The first-order chi connectivity index (χ1) is 9.25. The van der Waals surface area contributed by atoms with Gasteiger partial charge in [-0.1, -0.05) is 25.1 Å². The van der Waals surface area contributed by atoms with Crippen LogP contribution in [0.2, 0.25) is 0 Å². The van der Waals surface area contributed by atoms with Crippen molar-refractivity contribution < 1.29 is 9.53 Å². The van der Waals surface area contributed by atoms with Gasteiger partial charge in [0.25, 0.3) is 5.91 Å². The Morgan fingerprint density at radius 1 is 1.40 bits per heavy atom. The minimum atomic E-state index is -0.341. The minimum absolute atomic E-state index is 0. The van der Waals surface area contributed by atoms with Gasteiger partial charge in [0, 0.05) is 25.3 Å². The molecule has 0 aliphatic carbocycles. The number of anilines is 1. The van der Waals surface area contributed by atoms with Crippen LogP contribution < -0.4 is 10.2 Å². The molecule has 1 N–H and O–H groups in total. The summed E-state index contributed by atoms with van der Waals surface area (Å²) in [5.41, 5.74) is 2.32. The van der Waals surface area contributed by atoms with E-state index >= 15 is 0 Å². The third-order valence-electron chi connectivity index (χ3n) is 3.81. The smallest absolute Gasteiger partial charge is 0.257 e. The molecular weight excluding hydrogens is 276 g/mol. The Balaban J connectivity index is 0.00000147. The van der Waals surface area contributed by atoms with E-state index in [4.69, 9.17) is 4.74 Å². The van der Waals surface area contributed by atoms with E-state index in [0.717, 1.165) is 25.2 Å². The molecule has 0 spiro atoms. The Kier molecular flexibility index (Phi) is 5.02. The van der Waals surface area contributed by atoms with Gasteiger partial charge in [-0.25, -0.2) is 0 Å². The fraction of sp³-hybridized carbons (Fsp3) is 0.533. The SMILES string of the molecule is CC1Cc2ccccc2N(C(=O)C2CNCCO2)C1.Cl. The maximum Gasteiger partial charge on any atom is 0.257 e. The number of morpholine rings is 1. The molecule has 110 valence electrons. The normalized spacial score (nSPS) is 25.6. The number of amides is 1. The van der Waals surface area contributed by atoms with Crippen LogP contribution in [0, 0.1) is 5.92 Å². The van der Waals surface area contributed by atoms with Gasteiger partial charge in [0.05, 0.1) is 6.61 Å². The van der Waals surface area contributed by atoms with Gasteiger partial charge in [-0.3, -0.25) is 4.79 Å². The molecule has 1 aromatic carbocycles. The first-order valence-electron chi connectivity index (χ1n) is 6.97. The number of nitrogens with zero attached hydrogens (tertiary/aromatic N) is 1. The third kappa shape index (κ3) is 2.97. The number of carbonyl (C=O) groups is 1. The van der Waals surface area contributed by atoms with Crippen molar-refractivity contribution in [1.29, 1.82) is 0 Å². The second-order valence-corrected chi connectivity index (χ2v) is 5.45. The van der Waals surface area contributed by atoms with Crippen LogP contribution in [-0.2, 0) is 16.0 Å². The average Bonchev–Trinajstić information content (AvgIpc) is 2.46. The Hall–Kier alpha value is -1.10. The van der Waals surface area contributed by atoms with Crippen LogP contribution >= 0.6 is 12.4 Å².